The number of rotatable bonds is 2. The first-order valence-corrected chi connectivity index (χ1v) is 7.47. The summed E-state index contributed by atoms with van der Waals surface area (Å²) in [4.78, 5) is 11.8. The van der Waals surface area contributed by atoms with Crippen molar-refractivity contribution in [2.45, 2.75) is 46.9 Å². The topological polar surface area (TPSA) is 35.5 Å². The van der Waals surface area contributed by atoms with Gasteiger partial charge in [-0.15, -0.1) is 0 Å². The molecule has 0 aromatic heterocycles. The SMILES string of the molecule is CC.CCOC(=O)C1=Cc2cc(C)cc(C)c2OC1C(F)(F)F. The number of benzene rings is 1. The number of carbonyl (C=O) groups excluding carboxylic acids is 1. The molecule has 0 saturated carbocycles. The maximum Gasteiger partial charge on any atom is 0.430 e. The summed E-state index contributed by atoms with van der Waals surface area (Å²) in [5.41, 5.74) is 1.40. The van der Waals surface area contributed by atoms with E-state index in [4.69, 9.17) is 9.47 Å². The molecule has 0 radical (unpaired) electrons. The van der Waals surface area contributed by atoms with Gasteiger partial charge in [0.25, 0.3) is 0 Å². The fourth-order valence-corrected chi connectivity index (χ4v) is 2.30. The highest BCUT2D eigenvalue weighted by atomic mass is 19.4. The van der Waals surface area contributed by atoms with Gasteiger partial charge in [-0.3, -0.25) is 0 Å². The van der Waals surface area contributed by atoms with Crippen molar-refractivity contribution in [3.8, 4) is 5.75 Å². The number of halogens is 3. The fraction of sp³-hybridized carbons (Fsp3) is 0.471. The summed E-state index contributed by atoms with van der Waals surface area (Å²) in [5, 5.41) is 0. The van der Waals surface area contributed by atoms with Crippen molar-refractivity contribution in [2.75, 3.05) is 6.61 Å². The van der Waals surface area contributed by atoms with Crippen LogP contribution in [-0.4, -0.2) is 24.9 Å². The van der Waals surface area contributed by atoms with Gasteiger partial charge in [-0.1, -0.05) is 25.5 Å². The number of hydrogen-bond donors (Lipinski definition) is 0. The van der Waals surface area contributed by atoms with Crippen molar-refractivity contribution in [2.24, 2.45) is 0 Å². The molecule has 0 amide bonds. The lowest BCUT2D eigenvalue weighted by Gasteiger charge is -2.29. The smallest absolute Gasteiger partial charge is 0.430 e. The predicted molar refractivity (Wildman–Crippen MR) is 82.3 cm³/mol. The lowest BCUT2D eigenvalue weighted by atomic mass is 9.97. The van der Waals surface area contributed by atoms with Crippen LogP contribution in [0.1, 0.15) is 37.5 Å². The molecule has 1 aliphatic rings. The minimum Gasteiger partial charge on any atom is -0.475 e. The number of carbonyl (C=O) groups is 1. The number of ether oxygens (including phenoxy) is 2. The van der Waals surface area contributed by atoms with E-state index in [0.717, 1.165) is 5.56 Å². The Hall–Kier alpha value is -1.98. The Morgan fingerprint density at radius 3 is 2.39 bits per heavy atom. The van der Waals surface area contributed by atoms with Crippen LogP contribution in [0.5, 0.6) is 5.75 Å². The molecular weight excluding hydrogens is 309 g/mol. The summed E-state index contributed by atoms with van der Waals surface area (Å²) in [5.74, 6) is -0.861. The van der Waals surface area contributed by atoms with E-state index in [-0.39, 0.29) is 12.4 Å². The van der Waals surface area contributed by atoms with E-state index < -0.39 is 23.8 Å². The second kappa shape index (κ2) is 7.53. The van der Waals surface area contributed by atoms with Crippen LogP contribution >= 0.6 is 0 Å². The molecule has 1 aliphatic heterocycles. The second-order valence-electron chi connectivity index (χ2n) is 4.86. The molecule has 0 fully saturated rings. The number of fused-ring (bicyclic) bond motifs is 1. The van der Waals surface area contributed by atoms with Gasteiger partial charge in [0.2, 0.25) is 6.10 Å². The van der Waals surface area contributed by atoms with Gasteiger partial charge in [-0.05, 0) is 38.5 Å². The van der Waals surface area contributed by atoms with Crippen molar-refractivity contribution in [1.82, 2.24) is 0 Å². The van der Waals surface area contributed by atoms with Crippen LogP contribution in [0.25, 0.3) is 6.08 Å². The molecule has 1 unspecified atom stereocenters. The molecule has 23 heavy (non-hydrogen) atoms. The van der Waals surface area contributed by atoms with E-state index >= 15 is 0 Å². The van der Waals surface area contributed by atoms with Gasteiger partial charge in [0.05, 0.1) is 12.2 Å². The van der Waals surface area contributed by atoms with Gasteiger partial charge in [0.1, 0.15) is 5.75 Å². The number of aryl methyl sites for hydroxylation is 2. The van der Waals surface area contributed by atoms with Gasteiger partial charge >= 0.3 is 12.1 Å². The van der Waals surface area contributed by atoms with Crippen LogP contribution in [0.3, 0.4) is 0 Å². The highest BCUT2D eigenvalue weighted by molar-refractivity contribution is 5.96. The first-order valence-electron chi connectivity index (χ1n) is 7.47. The van der Waals surface area contributed by atoms with Gasteiger partial charge in [-0.2, -0.15) is 13.2 Å². The number of hydrogen-bond acceptors (Lipinski definition) is 3. The van der Waals surface area contributed by atoms with Crippen LogP contribution in [0.15, 0.2) is 17.7 Å². The maximum atomic E-state index is 13.1. The molecule has 1 atom stereocenters. The molecule has 0 saturated heterocycles. The van der Waals surface area contributed by atoms with E-state index in [1.165, 1.54) is 13.0 Å². The quantitative estimate of drug-likeness (QED) is 0.744. The molecule has 2 rings (SSSR count). The van der Waals surface area contributed by atoms with Crippen LogP contribution in [0.2, 0.25) is 0 Å². The largest absolute Gasteiger partial charge is 0.475 e. The zero-order chi connectivity index (χ0) is 17.8. The third-order valence-corrected chi connectivity index (χ3v) is 3.09. The van der Waals surface area contributed by atoms with Crippen LogP contribution in [0.4, 0.5) is 13.2 Å². The summed E-state index contributed by atoms with van der Waals surface area (Å²) in [6.45, 7) is 9.02. The average molecular weight is 330 g/mol. The first kappa shape index (κ1) is 19.1. The first-order chi connectivity index (χ1) is 10.7. The van der Waals surface area contributed by atoms with Gasteiger partial charge in [0, 0.05) is 5.56 Å². The molecule has 3 nitrogen and oxygen atoms in total. The molecular formula is C17H21F3O3. The van der Waals surface area contributed by atoms with Crippen LogP contribution in [0, 0.1) is 13.8 Å². The lowest BCUT2D eigenvalue weighted by molar-refractivity contribution is -0.188. The van der Waals surface area contributed by atoms with E-state index in [9.17, 15) is 18.0 Å². The third-order valence-electron chi connectivity index (χ3n) is 3.09. The highest BCUT2D eigenvalue weighted by Gasteiger charge is 2.49. The Morgan fingerprint density at radius 2 is 1.87 bits per heavy atom. The molecule has 128 valence electrons. The van der Waals surface area contributed by atoms with Crippen molar-refractivity contribution in [3.63, 3.8) is 0 Å². The zero-order valence-electron chi connectivity index (χ0n) is 13.9. The minimum atomic E-state index is -4.69. The summed E-state index contributed by atoms with van der Waals surface area (Å²) >= 11 is 0. The number of alkyl halides is 3. The monoisotopic (exact) mass is 330 g/mol. The minimum absolute atomic E-state index is 0.000449. The third kappa shape index (κ3) is 4.27. The molecule has 1 heterocycles. The van der Waals surface area contributed by atoms with E-state index in [0.29, 0.717) is 11.1 Å². The number of esters is 1. The molecule has 0 aliphatic carbocycles. The molecule has 0 spiro atoms. The van der Waals surface area contributed by atoms with E-state index in [2.05, 4.69) is 0 Å². The molecule has 0 N–H and O–H groups in total. The zero-order valence-corrected chi connectivity index (χ0v) is 13.9. The standard InChI is InChI=1S/C15H15F3O3.C2H6/c1-4-20-14(19)11-7-10-6-8(2)5-9(3)12(10)21-13(11)15(16,17)18;1-2/h5-7,13H,4H2,1-3H3;1-2H3. The Kier molecular flexibility index (Phi) is 6.24. The van der Waals surface area contributed by atoms with E-state index in [1.54, 1.807) is 19.1 Å². The van der Waals surface area contributed by atoms with Crippen molar-refractivity contribution in [3.05, 3.63) is 34.4 Å². The van der Waals surface area contributed by atoms with Crippen molar-refractivity contribution >= 4 is 12.0 Å². The van der Waals surface area contributed by atoms with Gasteiger partial charge < -0.3 is 9.47 Å². The van der Waals surface area contributed by atoms with Crippen LogP contribution in [-0.2, 0) is 9.53 Å². The summed E-state index contributed by atoms with van der Waals surface area (Å²) < 4.78 is 49.1. The molecule has 1 aromatic carbocycles. The molecule has 6 heteroatoms. The Morgan fingerprint density at radius 1 is 1.26 bits per heavy atom. The van der Waals surface area contributed by atoms with Gasteiger partial charge in [-0.25, -0.2) is 4.79 Å². The van der Waals surface area contributed by atoms with Crippen molar-refractivity contribution < 1.29 is 27.4 Å². The maximum absolute atomic E-state index is 13.1. The lowest BCUT2D eigenvalue weighted by Crippen LogP contribution is -2.41. The summed E-state index contributed by atoms with van der Waals surface area (Å²) in [6.07, 6.45) is -5.78. The highest BCUT2D eigenvalue weighted by Crippen LogP contribution is 2.39. The van der Waals surface area contributed by atoms with Crippen LogP contribution < -0.4 is 4.74 Å². The predicted octanol–water partition coefficient (Wildman–Crippen LogP) is 4.60. The van der Waals surface area contributed by atoms with E-state index in [1.807, 2.05) is 20.8 Å². The molecule has 0 bridgehead atoms. The van der Waals surface area contributed by atoms with Gasteiger partial charge in [0.15, 0.2) is 0 Å². The summed E-state index contributed by atoms with van der Waals surface area (Å²) in [6, 6.07) is 3.41. The fourth-order valence-electron chi connectivity index (χ4n) is 2.30. The second-order valence-corrected chi connectivity index (χ2v) is 4.86. The average Bonchev–Trinajstić information content (AvgIpc) is 2.47. The Balaban J connectivity index is 0.00000127. The Bertz CT molecular complexity index is 604. The normalized spacial score (nSPS) is 16.3. The van der Waals surface area contributed by atoms with Crippen molar-refractivity contribution in [1.29, 1.82) is 0 Å². The Labute approximate surface area is 134 Å². The summed E-state index contributed by atoms with van der Waals surface area (Å²) in [7, 11) is 0. The molecule has 1 aromatic rings.